The van der Waals surface area contributed by atoms with E-state index in [1.54, 1.807) is 6.07 Å². The minimum Gasteiger partial charge on any atom is -0.404 e. The molecule has 1 aromatic heterocycles. The molecule has 1 N–H and O–H groups in total. The Morgan fingerprint density at radius 1 is 1.28 bits per heavy atom. The summed E-state index contributed by atoms with van der Waals surface area (Å²) in [4.78, 5) is 9.91. The van der Waals surface area contributed by atoms with Gasteiger partial charge in [0.2, 0.25) is 0 Å². The highest BCUT2D eigenvalue weighted by molar-refractivity contribution is 9.11. The van der Waals surface area contributed by atoms with E-state index in [2.05, 4.69) is 37.2 Å². The van der Waals surface area contributed by atoms with Gasteiger partial charge in [-0.2, -0.15) is 0 Å². The SMILES string of the molecule is O=[N+]([O-])c1ccc(CNc2cc(Br)ccc2Br)o1. The van der Waals surface area contributed by atoms with E-state index in [0.717, 1.165) is 14.6 Å². The maximum absolute atomic E-state index is 10.5. The fourth-order valence-corrected chi connectivity index (χ4v) is 2.12. The summed E-state index contributed by atoms with van der Waals surface area (Å²) in [5.74, 6) is 0.258. The average molecular weight is 376 g/mol. The van der Waals surface area contributed by atoms with E-state index in [9.17, 15) is 10.1 Å². The number of hydrogen-bond donors (Lipinski definition) is 1. The van der Waals surface area contributed by atoms with E-state index in [-0.39, 0.29) is 5.88 Å². The Labute approximate surface area is 120 Å². The fourth-order valence-electron chi connectivity index (χ4n) is 1.38. The van der Waals surface area contributed by atoms with Gasteiger partial charge in [-0.15, -0.1) is 0 Å². The smallest absolute Gasteiger partial charge is 0.404 e. The first-order chi connectivity index (χ1) is 8.56. The molecule has 0 saturated carbocycles. The zero-order valence-electron chi connectivity index (χ0n) is 9.02. The normalized spacial score (nSPS) is 10.3. The number of furan rings is 1. The topological polar surface area (TPSA) is 68.3 Å². The maximum Gasteiger partial charge on any atom is 0.433 e. The van der Waals surface area contributed by atoms with Gasteiger partial charge in [0, 0.05) is 14.6 Å². The monoisotopic (exact) mass is 374 g/mol. The van der Waals surface area contributed by atoms with Crippen molar-refractivity contribution in [3.63, 3.8) is 0 Å². The van der Waals surface area contributed by atoms with Crippen molar-refractivity contribution < 1.29 is 9.34 Å². The number of rotatable bonds is 4. The summed E-state index contributed by atoms with van der Waals surface area (Å²) >= 11 is 6.78. The highest BCUT2D eigenvalue weighted by atomic mass is 79.9. The predicted octanol–water partition coefficient (Wildman–Crippen LogP) is 4.32. The average Bonchev–Trinajstić information content (AvgIpc) is 2.79. The van der Waals surface area contributed by atoms with Crippen LogP contribution in [-0.4, -0.2) is 4.92 Å². The van der Waals surface area contributed by atoms with E-state index in [4.69, 9.17) is 4.42 Å². The number of nitrogens with zero attached hydrogens (tertiary/aromatic N) is 1. The molecule has 0 bridgehead atoms. The molecule has 1 heterocycles. The molecule has 0 aliphatic heterocycles. The van der Waals surface area contributed by atoms with E-state index >= 15 is 0 Å². The second-order valence-corrected chi connectivity index (χ2v) is 5.24. The lowest BCUT2D eigenvalue weighted by molar-refractivity contribution is -0.402. The molecular weight excluding hydrogens is 368 g/mol. The third kappa shape index (κ3) is 3.11. The Kier molecular flexibility index (Phi) is 4.03. The van der Waals surface area contributed by atoms with E-state index in [0.29, 0.717) is 12.3 Å². The van der Waals surface area contributed by atoms with Crippen molar-refractivity contribution in [2.75, 3.05) is 5.32 Å². The first-order valence-corrected chi connectivity index (χ1v) is 6.57. The van der Waals surface area contributed by atoms with Crippen LogP contribution in [0.25, 0.3) is 0 Å². The first-order valence-electron chi connectivity index (χ1n) is 4.98. The molecule has 0 aliphatic rings. The maximum atomic E-state index is 10.5. The summed E-state index contributed by atoms with van der Waals surface area (Å²) < 4.78 is 6.90. The Balaban J connectivity index is 2.06. The minimum absolute atomic E-state index is 0.250. The third-order valence-corrected chi connectivity index (χ3v) is 3.39. The first kappa shape index (κ1) is 13.1. The van der Waals surface area contributed by atoms with Crippen LogP contribution in [0, 0.1) is 10.1 Å². The third-order valence-electron chi connectivity index (χ3n) is 2.21. The van der Waals surface area contributed by atoms with Crippen LogP contribution in [-0.2, 0) is 6.54 Å². The van der Waals surface area contributed by atoms with Crippen LogP contribution in [0.2, 0.25) is 0 Å². The lowest BCUT2D eigenvalue weighted by Gasteiger charge is -2.07. The number of halogens is 2. The van der Waals surface area contributed by atoms with Crippen molar-refractivity contribution in [3.8, 4) is 0 Å². The Morgan fingerprint density at radius 3 is 2.72 bits per heavy atom. The van der Waals surface area contributed by atoms with Crippen LogP contribution >= 0.6 is 31.9 Å². The molecule has 0 unspecified atom stereocenters. The molecule has 18 heavy (non-hydrogen) atoms. The Hall–Kier alpha value is -1.34. The van der Waals surface area contributed by atoms with Crippen LogP contribution < -0.4 is 5.32 Å². The van der Waals surface area contributed by atoms with Crippen molar-refractivity contribution >= 4 is 43.4 Å². The summed E-state index contributed by atoms with van der Waals surface area (Å²) in [6.07, 6.45) is 0. The second kappa shape index (κ2) is 5.53. The number of anilines is 1. The van der Waals surface area contributed by atoms with E-state index in [1.807, 2.05) is 18.2 Å². The molecule has 2 aromatic rings. The molecular formula is C11H8Br2N2O3. The predicted molar refractivity (Wildman–Crippen MR) is 74.5 cm³/mol. The standard InChI is InChI=1S/C11H8Br2N2O3/c12-7-1-3-9(13)10(5-7)14-6-8-2-4-11(18-8)15(16)17/h1-5,14H,6H2. The van der Waals surface area contributed by atoms with Gasteiger partial charge >= 0.3 is 5.88 Å². The zero-order chi connectivity index (χ0) is 13.1. The van der Waals surface area contributed by atoms with Crippen molar-refractivity contribution in [1.82, 2.24) is 0 Å². The molecule has 1 aromatic carbocycles. The minimum atomic E-state index is -0.557. The highest BCUT2D eigenvalue weighted by Crippen LogP contribution is 2.27. The molecule has 94 valence electrons. The van der Waals surface area contributed by atoms with E-state index in [1.165, 1.54) is 6.07 Å². The Bertz CT molecular complexity index is 583. The number of nitrogens with one attached hydrogen (secondary N) is 1. The molecule has 0 amide bonds. The van der Waals surface area contributed by atoms with Crippen LogP contribution in [0.3, 0.4) is 0 Å². The van der Waals surface area contributed by atoms with Gasteiger partial charge < -0.3 is 9.73 Å². The van der Waals surface area contributed by atoms with Crippen molar-refractivity contribution in [2.24, 2.45) is 0 Å². The molecule has 0 radical (unpaired) electrons. The van der Waals surface area contributed by atoms with Crippen molar-refractivity contribution in [2.45, 2.75) is 6.54 Å². The molecule has 0 fully saturated rings. The summed E-state index contributed by atoms with van der Waals surface area (Å²) in [5, 5.41) is 13.6. The van der Waals surface area contributed by atoms with Gasteiger partial charge in [-0.25, -0.2) is 0 Å². The van der Waals surface area contributed by atoms with Crippen LogP contribution in [0.4, 0.5) is 11.6 Å². The van der Waals surface area contributed by atoms with E-state index < -0.39 is 4.92 Å². The van der Waals surface area contributed by atoms with Gasteiger partial charge in [0.05, 0.1) is 12.6 Å². The number of benzene rings is 1. The van der Waals surface area contributed by atoms with Gasteiger partial charge in [0.25, 0.3) is 0 Å². The molecule has 0 aliphatic carbocycles. The summed E-state index contributed by atoms with van der Waals surface area (Å²) in [6.45, 7) is 0.378. The lowest BCUT2D eigenvalue weighted by Crippen LogP contribution is -1.98. The van der Waals surface area contributed by atoms with Gasteiger partial charge in [-0.05, 0) is 40.2 Å². The quantitative estimate of drug-likeness (QED) is 0.638. The van der Waals surface area contributed by atoms with Gasteiger partial charge in [-0.1, -0.05) is 15.9 Å². The number of hydrogen-bond acceptors (Lipinski definition) is 4. The van der Waals surface area contributed by atoms with Crippen LogP contribution in [0.1, 0.15) is 5.76 Å². The van der Waals surface area contributed by atoms with Gasteiger partial charge in [-0.3, -0.25) is 10.1 Å². The highest BCUT2D eigenvalue weighted by Gasteiger charge is 2.11. The molecule has 0 atom stereocenters. The summed E-state index contributed by atoms with van der Waals surface area (Å²) in [6, 6.07) is 8.63. The summed E-state index contributed by atoms with van der Waals surface area (Å²) in [7, 11) is 0. The summed E-state index contributed by atoms with van der Waals surface area (Å²) in [5.41, 5.74) is 0.878. The fraction of sp³-hybridized carbons (Fsp3) is 0.0909. The van der Waals surface area contributed by atoms with Gasteiger partial charge in [0.15, 0.2) is 0 Å². The molecule has 0 spiro atoms. The molecule has 0 saturated heterocycles. The lowest BCUT2D eigenvalue weighted by atomic mass is 10.3. The molecule has 2 rings (SSSR count). The number of nitro groups is 1. The second-order valence-electron chi connectivity index (χ2n) is 3.47. The van der Waals surface area contributed by atoms with Crippen molar-refractivity contribution in [1.29, 1.82) is 0 Å². The largest absolute Gasteiger partial charge is 0.433 e. The van der Waals surface area contributed by atoms with Gasteiger partial charge in [0.1, 0.15) is 10.7 Å². The Morgan fingerprint density at radius 2 is 2.06 bits per heavy atom. The molecule has 7 heteroatoms. The van der Waals surface area contributed by atoms with Crippen LogP contribution in [0.5, 0.6) is 0 Å². The van der Waals surface area contributed by atoms with Crippen LogP contribution in [0.15, 0.2) is 43.7 Å². The van der Waals surface area contributed by atoms with Crippen molar-refractivity contribution in [3.05, 3.63) is 55.2 Å². The zero-order valence-corrected chi connectivity index (χ0v) is 12.2. The molecule has 5 nitrogen and oxygen atoms in total.